The minimum atomic E-state index is 0.509. The summed E-state index contributed by atoms with van der Waals surface area (Å²) in [5.74, 6) is 1.26. The molecule has 3 rings (SSSR count). The first kappa shape index (κ1) is 13.7. The second-order valence-corrected chi connectivity index (χ2v) is 6.01. The van der Waals surface area contributed by atoms with E-state index in [1.165, 1.54) is 16.3 Å². The molecular formula is C13H10Cl2N4S. The van der Waals surface area contributed by atoms with Gasteiger partial charge in [0.05, 0.1) is 0 Å². The highest BCUT2D eigenvalue weighted by atomic mass is 35.5. The van der Waals surface area contributed by atoms with E-state index >= 15 is 0 Å². The monoisotopic (exact) mass is 324 g/mol. The van der Waals surface area contributed by atoms with Crippen LogP contribution in [0.5, 0.6) is 0 Å². The summed E-state index contributed by atoms with van der Waals surface area (Å²) in [7, 11) is 0. The molecule has 4 nitrogen and oxygen atoms in total. The van der Waals surface area contributed by atoms with E-state index in [1.54, 1.807) is 6.07 Å². The van der Waals surface area contributed by atoms with Gasteiger partial charge in [-0.2, -0.15) is 9.50 Å². The van der Waals surface area contributed by atoms with Gasteiger partial charge in [0, 0.05) is 16.5 Å². The molecule has 0 amide bonds. The van der Waals surface area contributed by atoms with Crippen molar-refractivity contribution in [2.45, 2.75) is 17.8 Å². The quantitative estimate of drug-likeness (QED) is 0.539. The molecule has 0 aliphatic heterocycles. The summed E-state index contributed by atoms with van der Waals surface area (Å²) >= 11 is 13.6. The summed E-state index contributed by atoms with van der Waals surface area (Å²) in [6.45, 7) is 1.87. The third-order valence-corrected chi connectivity index (χ3v) is 4.05. The van der Waals surface area contributed by atoms with Gasteiger partial charge in [-0.15, -0.1) is 5.10 Å². The lowest BCUT2D eigenvalue weighted by molar-refractivity contribution is 0.876. The van der Waals surface area contributed by atoms with Crippen molar-refractivity contribution in [1.82, 2.24) is 19.6 Å². The second kappa shape index (κ2) is 5.60. The van der Waals surface area contributed by atoms with Crippen LogP contribution in [0.1, 0.15) is 11.3 Å². The van der Waals surface area contributed by atoms with E-state index < -0.39 is 0 Å². The maximum Gasteiger partial charge on any atom is 0.254 e. The molecule has 0 radical (unpaired) electrons. The number of rotatable bonds is 3. The van der Waals surface area contributed by atoms with Crippen molar-refractivity contribution in [1.29, 1.82) is 0 Å². The fourth-order valence-electron chi connectivity index (χ4n) is 1.76. The molecule has 0 N–H and O–H groups in total. The van der Waals surface area contributed by atoms with Gasteiger partial charge in [0.2, 0.25) is 5.16 Å². The lowest BCUT2D eigenvalue weighted by Crippen LogP contribution is -1.94. The third-order valence-electron chi connectivity index (χ3n) is 2.63. The molecule has 2 heterocycles. The Bertz CT molecular complexity index is 772. The van der Waals surface area contributed by atoms with Gasteiger partial charge in [0.1, 0.15) is 5.15 Å². The van der Waals surface area contributed by atoms with Gasteiger partial charge < -0.3 is 0 Å². The van der Waals surface area contributed by atoms with E-state index in [-0.39, 0.29) is 0 Å². The molecule has 1 aromatic carbocycles. The summed E-state index contributed by atoms with van der Waals surface area (Å²) in [5.41, 5.74) is 1.94. The summed E-state index contributed by atoms with van der Waals surface area (Å²) < 4.78 is 1.54. The molecule has 0 aliphatic carbocycles. The van der Waals surface area contributed by atoms with Crippen LogP contribution in [0.15, 0.2) is 35.5 Å². The number of fused-ring (bicyclic) bond motifs is 1. The number of benzene rings is 1. The van der Waals surface area contributed by atoms with Crippen molar-refractivity contribution in [3.63, 3.8) is 0 Å². The number of nitrogens with zero attached hydrogens (tertiary/aromatic N) is 4. The van der Waals surface area contributed by atoms with Gasteiger partial charge in [-0.1, -0.05) is 47.1 Å². The van der Waals surface area contributed by atoms with Gasteiger partial charge >= 0.3 is 0 Å². The molecule has 0 unspecified atom stereocenters. The Morgan fingerprint density at radius 3 is 2.85 bits per heavy atom. The molecule has 0 spiro atoms. The van der Waals surface area contributed by atoms with Gasteiger partial charge in [0.15, 0.2) is 0 Å². The Labute approximate surface area is 130 Å². The molecule has 0 bridgehead atoms. The van der Waals surface area contributed by atoms with E-state index in [0.29, 0.717) is 16.1 Å². The maximum absolute atomic E-state index is 6.11. The molecule has 0 aliphatic rings. The highest BCUT2D eigenvalue weighted by molar-refractivity contribution is 7.98. The van der Waals surface area contributed by atoms with Gasteiger partial charge in [-0.3, -0.25) is 0 Å². The first-order valence-corrected chi connectivity index (χ1v) is 7.63. The second-order valence-electron chi connectivity index (χ2n) is 4.25. The zero-order chi connectivity index (χ0) is 14.1. The predicted octanol–water partition coefficient (Wildman–Crippen LogP) is 4.03. The first-order chi connectivity index (χ1) is 9.61. The number of hydrogen-bond acceptors (Lipinski definition) is 4. The average Bonchev–Trinajstić information content (AvgIpc) is 2.80. The first-order valence-electron chi connectivity index (χ1n) is 5.89. The van der Waals surface area contributed by atoms with Crippen LogP contribution in [0.2, 0.25) is 10.2 Å². The highest BCUT2D eigenvalue weighted by Crippen LogP contribution is 2.22. The Morgan fingerprint density at radius 2 is 2.05 bits per heavy atom. The predicted molar refractivity (Wildman–Crippen MR) is 81.5 cm³/mol. The molecule has 2 aromatic heterocycles. The van der Waals surface area contributed by atoms with Crippen LogP contribution in [0, 0.1) is 6.92 Å². The summed E-state index contributed by atoms with van der Waals surface area (Å²) in [4.78, 5) is 8.65. The van der Waals surface area contributed by atoms with Gasteiger partial charge in [-0.25, -0.2) is 4.98 Å². The van der Waals surface area contributed by atoms with Crippen LogP contribution in [0.3, 0.4) is 0 Å². The number of halogens is 2. The fraction of sp³-hybridized carbons (Fsp3) is 0.154. The summed E-state index contributed by atoms with van der Waals surface area (Å²) in [5, 5.41) is 6.21. The van der Waals surface area contributed by atoms with E-state index in [4.69, 9.17) is 23.2 Å². The highest BCUT2D eigenvalue weighted by Gasteiger charge is 2.09. The van der Waals surface area contributed by atoms with Crippen LogP contribution in [-0.2, 0) is 5.75 Å². The van der Waals surface area contributed by atoms with Gasteiger partial charge in [-0.05, 0) is 30.7 Å². The van der Waals surface area contributed by atoms with Crippen molar-refractivity contribution >= 4 is 40.7 Å². The number of hydrogen-bond donors (Lipinski definition) is 0. The van der Waals surface area contributed by atoms with E-state index in [2.05, 4.69) is 15.1 Å². The topological polar surface area (TPSA) is 43.1 Å². The van der Waals surface area contributed by atoms with Crippen LogP contribution in [0.4, 0.5) is 0 Å². The molecular weight excluding hydrogens is 315 g/mol. The van der Waals surface area contributed by atoms with E-state index in [0.717, 1.165) is 22.0 Å². The molecule has 102 valence electrons. The molecule has 3 aromatic rings. The number of aromatic nitrogens is 4. The smallest absolute Gasteiger partial charge is 0.216 e. The van der Waals surface area contributed by atoms with E-state index in [9.17, 15) is 0 Å². The van der Waals surface area contributed by atoms with Crippen molar-refractivity contribution < 1.29 is 0 Å². The summed E-state index contributed by atoms with van der Waals surface area (Å²) in [6.07, 6.45) is 0. The Balaban J connectivity index is 1.83. The van der Waals surface area contributed by atoms with Crippen LogP contribution >= 0.6 is 35.0 Å². The Morgan fingerprint density at radius 1 is 1.20 bits per heavy atom. The minimum absolute atomic E-state index is 0.509. The molecule has 0 saturated heterocycles. The van der Waals surface area contributed by atoms with E-state index in [1.807, 2.05) is 31.2 Å². The third kappa shape index (κ3) is 2.90. The van der Waals surface area contributed by atoms with Crippen molar-refractivity contribution in [2.75, 3.05) is 0 Å². The largest absolute Gasteiger partial charge is 0.254 e. The average molecular weight is 325 g/mol. The number of thioether (sulfide) groups is 1. The molecule has 0 atom stereocenters. The summed E-state index contributed by atoms with van der Waals surface area (Å²) in [6, 6.07) is 9.49. The number of aryl methyl sites for hydroxylation is 1. The zero-order valence-electron chi connectivity index (χ0n) is 10.5. The fourth-order valence-corrected chi connectivity index (χ4v) is 3.01. The Kier molecular flexibility index (Phi) is 3.83. The van der Waals surface area contributed by atoms with Crippen molar-refractivity contribution in [3.05, 3.63) is 51.8 Å². The molecule has 20 heavy (non-hydrogen) atoms. The Hall–Kier alpha value is -1.30. The van der Waals surface area contributed by atoms with Crippen molar-refractivity contribution in [2.24, 2.45) is 0 Å². The van der Waals surface area contributed by atoms with Crippen LogP contribution in [-0.4, -0.2) is 19.6 Å². The standard InChI is InChI=1S/C13H10Cl2N4S/c1-8-5-11(15)19-12(16-8)17-13(18-19)20-7-9-3-2-4-10(14)6-9/h2-6H,7H2,1H3. The molecule has 7 heteroatoms. The zero-order valence-corrected chi connectivity index (χ0v) is 12.9. The lowest BCUT2D eigenvalue weighted by atomic mass is 10.2. The molecule has 0 saturated carbocycles. The van der Waals surface area contributed by atoms with Crippen LogP contribution in [0.25, 0.3) is 5.78 Å². The maximum atomic E-state index is 6.11. The van der Waals surface area contributed by atoms with Crippen molar-refractivity contribution in [3.8, 4) is 0 Å². The van der Waals surface area contributed by atoms with Gasteiger partial charge in [0.25, 0.3) is 5.78 Å². The lowest BCUT2D eigenvalue weighted by Gasteiger charge is -1.98. The normalized spacial score (nSPS) is 11.2. The minimum Gasteiger partial charge on any atom is -0.216 e. The SMILES string of the molecule is Cc1cc(Cl)n2nc(SCc3cccc(Cl)c3)nc2n1. The molecule has 0 fully saturated rings. The van der Waals surface area contributed by atoms with Crippen LogP contribution < -0.4 is 0 Å².